The van der Waals surface area contributed by atoms with E-state index in [0.29, 0.717) is 6.04 Å². The Morgan fingerprint density at radius 3 is 2.70 bits per heavy atom. The first kappa shape index (κ1) is 18.5. The highest BCUT2D eigenvalue weighted by atomic mass is 32.1. The number of nitrogens with zero attached hydrogens (tertiary/aromatic N) is 2. The maximum atomic E-state index is 4.44. The fraction of sp³-hybridized carbons (Fsp3) is 0.500. The molecule has 2 N–H and O–H groups in total. The van der Waals surface area contributed by atoms with Crippen molar-refractivity contribution in [3.8, 4) is 0 Å². The zero-order valence-corrected chi connectivity index (χ0v) is 16.9. The number of rotatable bonds is 6. The van der Waals surface area contributed by atoms with Crippen molar-refractivity contribution in [2.45, 2.75) is 37.8 Å². The molecule has 0 spiro atoms. The van der Waals surface area contributed by atoms with Crippen LogP contribution in [0.1, 0.15) is 36.3 Å². The van der Waals surface area contributed by atoms with Gasteiger partial charge in [-0.05, 0) is 59.1 Å². The molecule has 1 aromatic carbocycles. The van der Waals surface area contributed by atoms with Gasteiger partial charge in [0.2, 0.25) is 0 Å². The molecular weight excluding hydrogens is 352 g/mol. The molecule has 1 aliphatic carbocycles. The minimum atomic E-state index is 0.527. The maximum Gasteiger partial charge on any atom is 0.191 e. The summed E-state index contributed by atoms with van der Waals surface area (Å²) in [7, 11) is 1.88. The van der Waals surface area contributed by atoms with Crippen molar-refractivity contribution in [1.82, 2.24) is 15.5 Å². The molecule has 0 amide bonds. The molecule has 1 saturated carbocycles. The summed E-state index contributed by atoms with van der Waals surface area (Å²) < 4.78 is 0. The van der Waals surface area contributed by atoms with Crippen LogP contribution in [0.15, 0.2) is 52.2 Å². The molecule has 4 nitrogen and oxygen atoms in total. The third-order valence-electron chi connectivity index (χ3n) is 5.82. The smallest absolute Gasteiger partial charge is 0.191 e. The Balaban J connectivity index is 1.17. The van der Waals surface area contributed by atoms with E-state index in [0.717, 1.165) is 44.0 Å². The number of guanidine groups is 1. The topological polar surface area (TPSA) is 39.7 Å². The summed E-state index contributed by atoms with van der Waals surface area (Å²) in [5.41, 5.74) is 2.92. The van der Waals surface area contributed by atoms with Crippen molar-refractivity contribution < 1.29 is 0 Å². The van der Waals surface area contributed by atoms with Gasteiger partial charge in [0.25, 0.3) is 0 Å². The average molecular weight is 383 g/mol. The second-order valence-corrected chi connectivity index (χ2v) is 8.57. The van der Waals surface area contributed by atoms with Crippen LogP contribution in [0.2, 0.25) is 0 Å². The van der Waals surface area contributed by atoms with Crippen LogP contribution in [0, 0.1) is 5.92 Å². The number of piperidine rings is 1. The minimum absolute atomic E-state index is 0.527. The van der Waals surface area contributed by atoms with Crippen LogP contribution in [0.5, 0.6) is 0 Å². The highest BCUT2D eigenvalue weighted by Gasteiger charge is 2.37. The standard InChI is InChI=1S/C22H30N4S/c1-23-22(24-14-19-13-21(19)18-5-3-2-4-6-18)25-20-7-10-26(11-8-20)15-17-9-12-27-16-17/h2-6,9,12,16,19-21H,7-8,10-11,13-15H2,1H3,(H2,23,24,25). The first-order valence-corrected chi connectivity index (χ1v) is 11.0. The molecule has 144 valence electrons. The van der Waals surface area contributed by atoms with Gasteiger partial charge >= 0.3 is 0 Å². The number of hydrogen-bond acceptors (Lipinski definition) is 3. The van der Waals surface area contributed by atoms with Gasteiger partial charge in [0, 0.05) is 39.3 Å². The lowest BCUT2D eigenvalue weighted by atomic mass is 10.0. The largest absolute Gasteiger partial charge is 0.356 e. The van der Waals surface area contributed by atoms with Crippen LogP contribution in [-0.4, -0.2) is 43.6 Å². The molecule has 2 atom stereocenters. The Morgan fingerprint density at radius 2 is 2.00 bits per heavy atom. The molecule has 0 radical (unpaired) electrons. The predicted octanol–water partition coefficient (Wildman–Crippen LogP) is 3.68. The van der Waals surface area contributed by atoms with Crippen LogP contribution >= 0.6 is 11.3 Å². The third-order valence-corrected chi connectivity index (χ3v) is 6.55. The molecule has 2 heterocycles. The van der Waals surface area contributed by atoms with Crippen LogP contribution in [0.4, 0.5) is 0 Å². The predicted molar refractivity (Wildman–Crippen MR) is 114 cm³/mol. The van der Waals surface area contributed by atoms with Gasteiger partial charge in [0.1, 0.15) is 0 Å². The second-order valence-electron chi connectivity index (χ2n) is 7.79. The van der Waals surface area contributed by atoms with Crippen LogP contribution in [0.25, 0.3) is 0 Å². The Hall–Kier alpha value is -1.85. The van der Waals surface area contributed by atoms with E-state index in [4.69, 9.17) is 0 Å². The lowest BCUT2D eigenvalue weighted by Crippen LogP contribution is -2.48. The van der Waals surface area contributed by atoms with Gasteiger partial charge < -0.3 is 10.6 Å². The molecule has 1 saturated heterocycles. The summed E-state index contributed by atoms with van der Waals surface area (Å²) in [6.07, 6.45) is 3.65. The van der Waals surface area contributed by atoms with Crippen LogP contribution in [-0.2, 0) is 6.54 Å². The summed E-state index contributed by atoms with van der Waals surface area (Å²) in [6.45, 7) is 4.41. The monoisotopic (exact) mass is 382 g/mol. The maximum absolute atomic E-state index is 4.44. The second kappa shape index (κ2) is 8.89. The zero-order chi connectivity index (χ0) is 18.5. The van der Waals surface area contributed by atoms with E-state index in [1.165, 1.54) is 30.4 Å². The van der Waals surface area contributed by atoms with Crippen molar-refractivity contribution in [1.29, 1.82) is 0 Å². The number of benzene rings is 1. The Bertz CT molecular complexity index is 720. The molecule has 1 aliphatic heterocycles. The first-order valence-electron chi connectivity index (χ1n) is 10.1. The van der Waals surface area contributed by atoms with E-state index in [2.05, 4.69) is 67.7 Å². The molecular formula is C22H30N4S. The SMILES string of the molecule is CN=C(NCC1CC1c1ccccc1)NC1CCN(Cc2ccsc2)CC1. The summed E-state index contributed by atoms with van der Waals surface area (Å²) in [6, 6.07) is 13.6. The Kier molecular flexibility index (Phi) is 6.10. The van der Waals surface area contributed by atoms with Gasteiger partial charge in [-0.25, -0.2) is 0 Å². The fourth-order valence-electron chi connectivity index (χ4n) is 4.07. The summed E-state index contributed by atoms with van der Waals surface area (Å²) in [5, 5.41) is 11.6. The number of hydrogen-bond donors (Lipinski definition) is 2. The van der Waals surface area contributed by atoms with Gasteiger partial charge in [-0.3, -0.25) is 9.89 Å². The van der Waals surface area contributed by atoms with E-state index >= 15 is 0 Å². The van der Waals surface area contributed by atoms with Gasteiger partial charge in [0.05, 0.1) is 0 Å². The number of likely N-dealkylation sites (tertiary alicyclic amines) is 1. The summed E-state index contributed by atoms with van der Waals surface area (Å²) in [5.74, 6) is 2.42. The zero-order valence-electron chi connectivity index (χ0n) is 16.1. The average Bonchev–Trinajstić information content (AvgIpc) is 3.32. The minimum Gasteiger partial charge on any atom is -0.356 e. The van der Waals surface area contributed by atoms with Crippen molar-refractivity contribution in [2.75, 3.05) is 26.7 Å². The lowest BCUT2D eigenvalue weighted by molar-refractivity contribution is 0.198. The molecule has 4 rings (SSSR count). The summed E-state index contributed by atoms with van der Waals surface area (Å²) >= 11 is 1.79. The lowest BCUT2D eigenvalue weighted by Gasteiger charge is -2.33. The molecule has 5 heteroatoms. The highest BCUT2D eigenvalue weighted by molar-refractivity contribution is 7.07. The van der Waals surface area contributed by atoms with E-state index in [1.807, 2.05) is 7.05 Å². The first-order chi connectivity index (χ1) is 13.3. The quantitative estimate of drug-likeness (QED) is 0.591. The molecule has 2 aromatic rings. The van der Waals surface area contributed by atoms with E-state index in [-0.39, 0.29) is 0 Å². The number of nitrogens with one attached hydrogen (secondary N) is 2. The molecule has 2 fully saturated rings. The van der Waals surface area contributed by atoms with Gasteiger partial charge in [-0.15, -0.1) is 0 Å². The number of aliphatic imine (C=N–C) groups is 1. The Labute approximate surface area is 166 Å². The van der Waals surface area contributed by atoms with Crippen molar-refractivity contribution in [2.24, 2.45) is 10.9 Å². The molecule has 2 aliphatic rings. The molecule has 0 bridgehead atoms. The van der Waals surface area contributed by atoms with Crippen molar-refractivity contribution in [3.63, 3.8) is 0 Å². The normalized spacial score (nSPS) is 24.0. The summed E-state index contributed by atoms with van der Waals surface area (Å²) in [4.78, 5) is 7.00. The van der Waals surface area contributed by atoms with Crippen LogP contribution < -0.4 is 10.6 Å². The van der Waals surface area contributed by atoms with Crippen molar-refractivity contribution >= 4 is 17.3 Å². The molecule has 2 unspecified atom stereocenters. The van der Waals surface area contributed by atoms with Crippen molar-refractivity contribution in [3.05, 3.63) is 58.3 Å². The molecule has 1 aromatic heterocycles. The number of thiophene rings is 1. The Morgan fingerprint density at radius 1 is 1.19 bits per heavy atom. The van der Waals surface area contributed by atoms with Crippen LogP contribution in [0.3, 0.4) is 0 Å². The van der Waals surface area contributed by atoms with Gasteiger partial charge in [-0.1, -0.05) is 30.3 Å². The van der Waals surface area contributed by atoms with Gasteiger partial charge in [0.15, 0.2) is 5.96 Å². The fourth-order valence-corrected chi connectivity index (χ4v) is 4.73. The highest BCUT2D eigenvalue weighted by Crippen LogP contribution is 2.46. The van der Waals surface area contributed by atoms with E-state index in [9.17, 15) is 0 Å². The van der Waals surface area contributed by atoms with Gasteiger partial charge in [-0.2, -0.15) is 11.3 Å². The van der Waals surface area contributed by atoms with E-state index in [1.54, 1.807) is 11.3 Å². The van der Waals surface area contributed by atoms with E-state index < -0.39 is 0 Å². The third kappa shape index (κ3) is 5.11. The molecule has 27 heavy (non-hydrogen) atoms.